The van der Waals surface area contributed by atoms with E-state index >= 15 is 0 Å². The maximum Gasteiger partial charge on any atom is 0.255 e. The summed E-state index contributed by atoms with van der Waals surface area (Å²) in [6.45, 7) is 6.19. The molecule has 2 aromatic carbocycles. The minimum atomic E-state index is -0.0746. The number of nitrogens with one attached hydrogen (secondary N) is 1. The SMILES string of the molecule is CC1CCN(Cc2cccc(CNC(=O)c3cnn(C)c3Cc3ccccc3)c2)CC1. The Morgan fingerprint density at radius 3 is 2.52 bits per heavy atom. The first-order valence-corrected chi connectivity index (χ1v) is 11.2. The number of amides is 1. The van der Waals surface area contributed by atoms with E-state index in [1.165, 1.54) is 37.1 Å². The molecule has 1 aliphatic rings. The molecule has 162 valence electrons. The minimum Gasteiger partial charge on any atom is -0.348 e. The van der Waals surface area contributed by atoms with E-state index in [9.17, 15) is 4.79 Å². The maximum absolute atomic E-state index is 12.9. The fourth-order valence-corrected chi connectivity index (χ4v) is 4.25. The lowest BCUT2D eigenvalue weighted by Gasteiger charge is -2.30. The molecule has 1 aliphatic heterocycles. The Kier molecular flexibility index (Phi) is 6.82. The molecular weight excluding hydrogens is 384 g/mol. The van der Waals surface area contributed by atoms with Crippen molar-refractivity contribution >= 4 is 5.91 Å². The highest BCUT2D eigenvalue weighted by Gasteiger charge is 2.17. The van der Waals surface area contributed by atoms with E-state index < -0.39 is 0 Å². The summed E-state index contributed by atoms with van der Waals surface area (Å²) < 4.78 is 1.79. The van der Waals surface area contributed by atoms with Gasteiger partial charge in [-0.3, -0.25) is 14.4 Å². The minimum absolute atomic E-state index is 0.0746. The largest absolute Gasteiger partial charge is 0.348 e. The van der Waals surface area contributed by atoms with Gasteiger partial charge in [-0.15, -0.1) is 0 Å². The second-order valence-corrected chi connectivity index (χ2v) is 8.75. The molecule has 0 spiro atoms. The molecule has 5 heteroatoms. The lowest BCUT2D eigenvalue weighted by atomic mass is 9.98. The highest BCUT2D eigenvalue weighted by atomic mass is 16.1. The molecule has 0 aliphatic carbocycles. The van der Waals surface area contributed by atoms with Gasteiger partial charge in [0.15, 0.2) is 0 Å². The molecule has 1 amide bonds. The van der Waals surface area contributed by atoms with Crippen LogP contribution < -0.4 is 5.32 Å². The summed E-state index contributed by atoms with van der Waals surface area (Å²) in [5.41, 5.74) is 5.18. The average Bonchev–Trinajstić information content (AvgIpc) is 3.15. The highest BCUT2D eigenvalue weighted by Crippen LogP contribution is 2.19. The van der Waals surface area contributed by atoms with Crippen molar-refractivity contribution in [3.05, 3.63) is 88.7 Å². The number of aryl methyl sites for hydroxylation is 1. The quantitative estimate of drug-likeness (QED) is 0.629. The summed E-state index contributed by atoms with van der Waals surface area (Å²) in [6.07, 6.45) is 4.92. The number of hydrogen-bond acceptors (Lipinski definition) is 3. The van der Waals surface area contributed by atoms with E-state index in [1.54, 1.807) is 10.9 Å². The van der Waals surface area contributed by atoms with Gasteiger partial charge >= 0.3 is 0 Å². The number of carbonyl (C=O) groups is 1. The zero-order chi connectivity index (χ0) is 21.6. The Labute approximate surface area is 185 Å². The van der Waals surface area contributed by atoms with Crippen molar-refractivity contribution in [2.45, 2.75) is 39.3 Å². The molecule has 0 atom stereocenters. The normalized spacial score (nSPS) is 15.2. The number of likely N-dealkylation sites (tertiary alicyclic amines) is 1. The van der Waals surface area contributed by atoms with Gasteiger partial charge in [0.2, 0.25) is 0 Å². The van der Waals surface area contributed by atoms with Crippen molar-refractivity contribution in [2.75, 3.05) is 13.1 Å². The molecule has 5 nitrogen and oxygen atoms in total. The molecule has 3 aromatic rings. The van der Waals surface area contributed by atoms with Crippen molar-refractivity contribution in [3.8, 4) is 0 Å². The van der Waals surface area contributed by atoms with Gasteiger partial charge in [0.05, 0.1) is 17.5 Å². The number of carbonyl (C=O) groups excluding carboxylic acids is 1. The summed E-state index contributed by atoms with van der Waals surface area (Å²) >= 11 is 0. The fourth-order valence-electron chi connectivity index (χ4n) is 4.25. The molecule has 0 saturated carbocycles. The summed E-state index contributed by atoms with van der Waals surface area (Å²) in [4.78, 5) is 15.4. The van der Waals surface area contributed by atoms with Crippen LogP contribution in [-0.4, -0.2) is 33.7 Å². The van der Waals surface area contributed by atoms with Crippen LogP contribution in [0.2, 0.25) is 0 Å². The number of hydrogen-bond donors (Lipinski definition) is 1. The number of aromatic nitrogens is 2. The molecule has 2 heterocycles. The van der Waals surface area contributed by atoms with E-state index in [1.807, 2.05) is 25.2 Å². The van der Waals surface area contributed by atoms with Gasteiger partial charge in [-0.1, -0.05) is 61.5 Å². The first-order valence-electron chi connectivity index (χ1n) is 11.2. The Balaban J connectivity index is 1.37. The van der Waals surface area contributed by atoms with Gasteiger partial charge in [0, 0.05) is 26.6 Å². The van der Waals surface area contributed by atoms with E-state index in [2.05, 4.69) is 58.6 Å². The number of nitrogens with zero attached hydrogens (tertiary/aromatic N) is 3. The molecule has 1 N–H and O–H groups in total. The van der Waals surface area contributed by atoms with E-state index in [0.717, 1.165) is 23.7 Å². The van der Waals surface area contributed by atoms with Crippen LogP contribution in [0, 0.1) is 5.92 Å². The molecule has 0 unspecified atom stereocenters. The average molecular weight is 417 g/mol. The smallest absolute Gasteiger partial charge is 0.255 e. The molecular formula is C26H32N4O. The number of benzene rings is 2. The number of piperidine rings is 1. The second kappa shape index (κ2) is 9.92. The summed E-state index contributed by atoms with van der Waals surface area (Å²) in [6, 6.07) is 18.7. The van der Waals surface area contributed by atoms with Gasteiger partial charge < -0.3 is 5.32 Å². The molecule has 1 aromatic heterocycles. The van der Waals surface area contributed by atoms with Crippen LogP contribution >= 0.6 is 0 Å². The topological polar surface area (TPSA) is 50.2 Å². The Morgan fingerprint density at radius 1 is 1.03 bits per heavy atom. The van der Waals surface area contributed by atoms with Gasteiger partial charge in [-0.05, 0) is 48.5 Å². The van der Waals surface area contributed by atoms with E-state index in [4.69, 9.17) is 0 Å². The lowest BCUT2D eigenvalue weighted by Crippen LogP contribution is -2.32. The monoisotopic (exact) mass is 416 g/mol. The Hall–Kier alpha value is -2.92. The van der Waals surface area contributed by atoms with Crippen molar-refractivity contribution in [2.24, 2.45) is 13.0 Å². The van der Waals surface area contributed by atoms with Gasteiger partial charge in [-0.2, -0.15) is 5.10 Å². The second-order valence-electron chi connectivity index (χ2n) is 8.75. The van der Waals surface area contributed by atoms with Crippen molar-refractivity contribution in [1.82, 2.24) is 20.0 Å². The van der Waals surface area contributed by atoms with Crippen LogP contribution in [0.5, 0.6) is 0 Å². The highest BCUT2D eigenvalue weighted by molar-refractivity contribution is 5.95. The predicted octanol–water partition coefficient (Wildman–Crippen LogP) is 4.17. The molecule has 1 saturated heterocycles. The first kappa shape index (κ1) is 21.3. The molecule has 1 fully saturated rings. The van der Waals surface area contributed by atoms with Gasteiger partial charge in [-0.25, -0.2) is 0 Å². The summed E-state index contributed by atoms with van der Waals surface area (Å²) in [7, 11) is 1.89. The van der Waals surface area contributed by atoms with E-state index in [-0.39, 0.29) is 5.91 Å². The van der Waals surface area contributed by atoms with Gasteiger partial charge in [0.1, 0.15) is 0 Å². The van der Waals surface area contributed by atoms with Crippen LogP contribution in [0.4, 0.5) is 0 Å². The summed E-state index contributed by atoms with van der Waals surface area (Å²) in [5, 5.41) is 7.41. The third kappa shape index (κ3) is 5.61. The molecule has 4 rings (SSSR count). The maximum atomic E-state index is 12.9. The molecule has 0 bridgehead atoms. The van der Waals surface area contributed by atoms with Crippen LogP contribution in [0.1, 0.15) is 52.5 Å². The van der Waals surface area contributed by atoms with Crippen molar-refractivity contribution in [3.63, 3.8) is 0 Å². The zero-order valence-corrected chi connectivity index (χ0v) is 18.6. The van der Waals surface area contributed by atoms with Crippen molar-refractivity contribution < 1.29 is 4.79 Å². The third-order valence-corrected chi connectivity index (χ3v) is 6.25. The van der Waals surface area contributed by atoms with Crippen LogP contribution in [0.15, 0.2) is 60.8 Å². The molecule has 0 radical (unpaired) electrons. The predicted molar refractivity (Wildman–Crippen MR) is 124 cm³/mol. The Bertz CT molecular complexity index is 1000. The first-order chi connectivity index (χ1) is 15.1. The van der Waals surface area contributed by atoms with Crippen molar-refractivity contribution in [1.29, 1.82) is 0 Å². The zero-order valence-electron chi connectivity index (χ0n) is 18.6. The standard InChI is InChI=1S/C26H32N4O/c1-20-11-13-30(14-12-20)19-23-10-6-9-22(15-23)17-27-26(31)24-18-28-29(2)25(24)16-21-7-4-3-5-8-21/h3-10,15,18,20H,11-14,16-17,19H2,1-2H3,(H,27,31). The van der Waals surface area contributed by atoms with Crippen LogP contribution in [-0.2, 0) is 26.6 Å². The van der Waals surface area contributed by atoms with Gasteiger partial charge in [0.25, 0.3) is 5.91 Å². The van der Waals surface area contributed by atoms with Crippen LogP contribution in [0.25, 0.3) is 0 Å². The summed E-state index contributed by atoms with van der Waals surface area (Å²) in [5.74, 6) is 0.770. The fraction of sp³-hybridized carbons (Fsp3) is 0.385. The Morgan fingerprint density at radius 2 is 1.74 bits per heavy atom. The number of rotatable bonds is 7. The van der Waals surface area contributed by atoms with E-state index in [0.29, 0.717) is 18.5 Å². The van der Waals surface area contributed by atoms with Crippen LogP contribution in [0.3, 0.4) is 0 Å². The molecule has 31 heavy (non-hydrogen) atoms. The lowest BCUT2D eigenvalue weighted by molar-refractivity contribution is 0.0950. The third-order valence-electron chi connectivity index (χ3n) is 6.25.